The molecule has 2 aromatic carbocycles. The lowest BCUT2D eigenvalue weighted by atomic mass is 10.0. The zero-order valence-corrected chi connectivity index (χ0v) is 28.5. The Bertz CT molecular complexity index is 1300. The molecule has 8 nitrogen and oxygen atoms in total. The van der Waals surface area contributed by atoms with Gasteiger partial charge in [0.15, 0.2) is 0 Å². The number of anilines is 1. The van der Waals surface area contributed by atoms with Crippen LogP contribution in [-0.4, -0.2) is 35.8 Å². The van der Waals surface area contributed by atoms with Gasteiger partial charge in [-0.1, -0.05) is 103 Å². The maximum Gasteiger partial charge on any atom is 0.240 e. The van der Waals surface area contributed by atoms with Crippen LogP contribution in [0.25, 0.3) is 0 Å². The van der Waals surface area contributed by atoms with Crippen molar-refractivity contribution < 1.29 is 21.6 Å². The summed E-state index contributed by atoms with van der Waals surface area (Å²) in [4.78, 5) is 12.9. The minimum atomic E-state index is -3.60. The molecule has 0 atom stereocenters. The summed E-state index contributed by atoms with van der Waals surface area (Å²) >= 11 is 0. The summed E-state index contributed by atoms with van der Waals surface area (Å²) in [6.45, 7) is 4.95. The minimum absolute atomic E-state index is 0.162. The quantitative estimate of drug-likeness (QED) is 0.0952. The van der Waals surface area contributed by atoms with Crippen LogP contribution in [0.2, 0.25) is 0 Å². The standard InChI is InChI=1S/C34H55N3O5S2/c1-3-5-7-8-9-10-11-12-13-15-20-30-21-17-18-22-33(30)44(41,42)36-29-19-14-16-23-34(38)37-31-24-26-32(27-25-31)43(39,40)35-28-6-4-2/h17-18,21-22,24-27,35-36H,3-16,19-20,23,28-29H2,1-2H3,(H,37,38). The van der Waals surface area contributed by atoms with Crippen molar-refractivity contribution in [2.24, 2.45) is 0 Å². The highest BCUT2D eigenvalue weighted by atomic mass is 32.2. The number of carbonyl (C=O) groups excluding carboxylic acids is 1. The molecule has 0 saturated heterocycles. The Morgan fingerprint density at radius 3 is 1.80 bits per heavy atom. The van der Waals surface area contributed by atoms with Gasteiger partial charge >= 0.3 is 0 Å². The number of nitrogens with one attached hydrogen (secondary N) is 3. The molecule has 0 saturated carbocycles. The number of hydrogen-bond acceptors (Lipinski definition) is 5. The fourth-order valence-corrected chi connectivity index (χ4v) is 7.47. The third-order valence-corrected chi connectivity index (χ3v) is 10.7. The molecule has 0 radical (unpaired) electrons. The van der Waals surface area contributed by atoms with E-state index in [0.717, 1.165) is 37.7 Å². The molecule has 0 aliphatic carbocycles. The van der Waals surface area contributed by atoms with Crippen molar-refractivity contribution in [3.8, 4) is 0 Å². The average Bonchev–Trinajstić information content (AvgIpc) is 3.00. The van der Waals surface area contributed by atoms with Gasteiger partial charge in [0.2, 0.25) is 26.0 Å². The molecule has 3 N–H and O–H groups in total. The fraction of sp³-hybridized carbons (Fsp3) is 0.618. The molecule has 10 heteroatoms. The van der Waals surface area contributed by atoms with Gasteiger partial charge in [-0.25, -0.2) is 26.3 Å². The van der Waals surface area contributed by atoms with Crippen molar-refractivity contribution in [2.75, 3.05) is 18.4 Å². The van der Waals surface area contributed by atoms with Crippen LogP contribution in [0.3, 0.4) is 0 Å². The first-order valence-corrected chi connectivity index (χ1v) is 19.6. The highest BCUT2D eigenvalue weighted by Gasteiger charge is 2.17. The molecule has 248 valence electrons. The number of carbonyl (C=O) groups is 1. The van der Waals surface area contributed by atoms with Gasteiger partial charge in [0.25, 0.3) is 0 Å². The Morgan fingerprint density at radius 1 is 0.591 bits per heavy atom. The summed E-state index contributed by atoms with van der Waals surface area (Å²) in [5, 5.41) is 2.79. The molecule has 0 unspecified atom stereocenters. The third-order valence-electron chi connectivity index (χ3n) is 7.71. The zero-order valence-electron chi connectivity index (χ0n) is 26.9. The van der Waals surface area contributed by atoms with Crippen molar-refractivity contribution in [2.45, 2.75) is 133 Å². The van der Waals surface area contributed by atoms with Crippen LogP contribution < -0.4 is 14.8 Å². The normalized spacial score (nSPS) is 12.0. The van der Waals surface area contributed by atoms with E-state index in [2.05, 4.69) is 21.7 Å². The molecule has 0 spiro atoms. The predicted octanol–water partition coefficient (Wildman–Crippen LogP) is 7.71. The van der Waals surface area contributed by atoms with Crippen LogP contribution in [0.15, 0.2) is 58.3 Å². The van der Waals surface area contributed by atoms with E-state index in [1.165, 1.54) is 63.5 Å². The Morgan fingerprint density at radius 2 is 1.14 bits per heavy atom. The second-order valence-electron chi connectivity index (χ2n) is 11.6. The van der Waals surface area contributed by atoms with Crippen molar-refractivity contribution in [3.05, 3.63) is 54.1 Å². The highest BCUT2D eigenvalue weighted by Crippen LogP contribution is 2.19. The van der Waals surface area contributed by atoms with Gasteiger partial charge in [-0.2, -0.15) is 0 Å². The van der Waals surface area contributed by atoms with E-state index in [1.807, 2.05) is 19.1 Å². The number of rotatable bonds is 25. The molecule has 1 amide bonds. The summed E-state index contributed by atoms with van der Waals surface area (Å²) < 4.78 is 55.9. The largest absolute Gasteiger partial charge is 0.326 e. The molecule has 0 bridgehead atoms. The smallest absolute Gasteiger partial charge is 0.240 e. The predicted molar refractivity (Wildman–Crippen MR) is 181 cm³/mol. The van der Waals surface area contributed by atoms with E-state index in [0.29, 0.717) is 49.4 Å². The average molecular weight is 650 g/mol. The van der Waals surface area contributed by atoms with Gasteiger partial charge in [0, 0.05) is 25.2 Å². The zero-order chi connectivity index (χ0) is 32.1. The first-order valence-electron chi connectivity index (χ1n) is 16.7. The first kappa shape index (κ1) is 37.9. The summed E-state index contributed by atoms with van der Waals surface area (Å²) in [5.41, 5.74) is 1.40. The molecular formula is C34H55N3O5S2. The Hall–Kier alpha value is -2.27. The molecule has 0 aromatic heterocycles. The topological polar surface area (TPSA) is 121 Å². The first-order chi connectivity index (χ1) is 21.2. The summed E-state index contributed by atoms with van der Waals surface area (Å²) in [6.07, 6.45) is 17.2. The number of benzene rings is 2. The second kappa shape index (κ2) is 21.5. The fourth-order valence-electron chi connectivity index (χ4n) is 5.05. The van der Waals surface area contributed by atoms with Crippen LogP contribution in [0.4, 0.5) is 5.69 Å². The SMILES string of the molecule is CCCCCCCCCCCCc1ccccc1S(=O)(=O)NCCCCCC(=O)Nc1ccc(S(=O)(=O)NCCCC)cc1. The summed E-state index contributed by atoms with van der Waals surface area (Å²) in [7, 11) is -7.15. The lowest BCUT2D eigenvalue weighted by molar-refractivity contribution is -0.116. The maximum atomic E-state index is 13.0. The minimum Gasteiger partial charge on any atom is -0.326 e. The lowest BCUT2D eigenvalue weighted by Crippen LogP contribution is -2.26. The van der Waals surface area contributed by atoms with Crippen molar-refractivity contribution in [3.63, 3.8) is 0 Å². The van der Waals surface area contributed by atoms with Crippen molar-refractivity contribution in [1.82, 2.24) is 9.44 Å². The number of aryl methyl sites for hydroxylation is 1. The molecule has 2 rings (SSSR count). The number of hydrogen-bond donors (Lipinski definition) is 3. The molecule has 0 heterocycles. The second-order valence-corrected chi connectivity index (χ2v) is 15.1. The molecule has 2 aromatic rings. The molecular weight excluding hydrogens is 595 g/mol. The van der Waals surface area contributed by atoms with Gasteiger partial charge in [0.05, 0.1) is 9.79 Å². The molecule has 0 fully saturated rings. The number of unbranched alkanes of at least 4 members (excludes halogenated alkanes) is 12. The van der Waals surface area contributed by atoms with Gasteiger partial charge in [-0.15, -0.1) is 0 Å². The van der Waals surface area contributed by atoms with Gasteiger partial charge in [0.1, 0.15) is 0 Å². The lowest BCUT2D eigenvalue weighted by Gasteiger charge is -2.12. The third kappa shape index (κ3) is 15.1. The Balaban J connectivity index is 1.65. The van der Waals surface area contributed by atoms with E-state index in [4.69, 9.17) is 0 Å². The number of amides is 1. The van der Waals surface area contributed by atoms with Gasteiger partial charge < -0.3 is 5.32 Å². The maximum absolute atomic E-state index is 13.0. The van der Waals surface area contributed by atoms with Gasteiger partial charge in [-0.3, -0.25) is 4.79 Å². The van der Waals surface area contributed by atoms with E-state index < -0.39 is 20.0 Å². The van der Waals surface area contributed by atoms with Crippen LogP contribution >= 0.6 is 0 Å². The monoisotopic (exact) mass is 649 g/mol. The van der Waals surface area contributed by atoms with E-state index >= 15 is 0 Å². The molecule has 0 aliphatic heterocycles. The van der Waals surface area contributed by atoms with Crippen LogP contribution in [0, 0.1) is 0 Å². The molecule has 44 heavy (non-hydrogen) atoms. The Labute approximate surface area is 267 Å². The Kier molecular flexibility index (Phi) is 18.5. The highest BCUT2D eigenvalue weighted by molar-refractivity contribution is 7.89. The van der Waals surface area contributed by atoms with E-state index in [-0.39, 0.29) is 10.8 Å². The van der Waals surface area contributed by atoms with E-state index in [9.17, 15) is 21.6 Å². The van der Waals surface area contributed by atoms with E-state index in [1.54, 1.807) is 24.3 Å². The molecule has 0 aliphatic rings. The van der Waals surface area contributed by atoms with Crippen LogP contribution in [0.1, 0.15) is 122 Å². The van der Waals surface area contributed by atoms with Crippen molar-refractivity contribution in [1.29, 1.82) is 0 Å². The van der Waals surface area contributed by atoms with Crippen LogP contribution in [0.5, 0.6) is 0 Å². The number of sulfonamides is 2. The van der Waals surface area contributed by atoms with Crippen LogP contribution in [-0.2, 0) is 31.3 Å². The van der Waals surface area contributed by atoms with Gasteiger partial charge in [-0.05, 0) is 68.0 Å². The summed E-state index contributed by atoms with van der Waals surface area (Å²) in [5.74, 6) is -0.164. The summed E-state index contributed by atoms with van der Waals surface area (Å²) in [6, 6.07) is 13.4. The van der Waals surface area contributed by atoms with Crippen molar-refractivity contribution >= 4 is 31.6 Å².